The molecule has 0 aliphatic heterocycles. The molecule has 0 aliphatic rings. The lowest BCUT2D eigenvalue weighted by Crippen LogP contribution is -2.20. The molecule has 0 unspecified atom stereocenters. The number of amides is 1. The molecule has 9 heteroatoms. The van der Waals surface area contributed by atoms with E-state index in [4.69, 9.17) is 9.79 Å². The van der Waals surface area contributed by atoms with Crippen molar-refractivity contribution in [2.75, 3.05) is 19.4 Å². The molecule has 0 spiro atoms. The highest BCUT2D eigenvalue weighted by Gasteiger charge is 2.21. The Morgan fingerprint density at radius 1 is 1.17 bits per heavy atom. The minimum atomic E-state index is -4.28. The van der Waals surface area contributed by atoms with E-state index >= 15 is 0 Å². The maximum absolute atomic E-state index is 11.4. The molecule has 0 aromatic carbocycles. The van der Waals surface area contributed by atoms with Crippen LogP contribution in [0.2, 0.25) is 0 Å². The van der Waals surface area contributed by atoms with Gasteiger partial charge in [0.15, 0.2) is 0 Å². The molecule has 104 valence electrons. The lowest BCUT2D eigenvalue weighted by atomic mass is 10.3. The van der Waals surface area contributed by atoms with Crippen LogP contribution in [-0.4, -0.2) is 46.9 Å². The molecular formula is C9H16NO7P. The molecule has 0 aromatic rings. The summed E-state index contributed by atoms with van der Waals surface area (Å²) in [5, 5.41) is 0. The van der Waals surface area contributed by atoms with Crippen LogP contribution in [0.25, 0.3) is 0 Å². The number of ether oxygens (including phenoxy) is 2. The fourth-order valence-electron chi connectivity index (χ4n) is 0.935. The molecule has 1 amide bonds. The zero-order chi connectivity index (χ0) is 14.2. The molecule has 0 radical (unpaired) electrons. The highest BCUT2D eigenvalue weighted by atomic mass is 31.2. The van der Waals surface area contributed by atoms with Gasteiger partial charge in [-0.2, -0.15) is 4.99 Å². The predicted octanol–water partition coefficient (Wildman–Crippen LogP) is 0.715. The zero-order valence-corrected chi connectivity index (χ0v) is 11.1. The standard InChI is InChI=1S/C9H16NO7P/c1-3-16-8(11)7(5-6-18(13,14)15)10-9(12)17-4-2/h3-6H2,1-2H3,(H2,13,14,15). The number of carbonyl (C=O) groups is 2. The van der Waals surface area contributed by atoms with E-state index in [-0.39, 0.29) is 25.3 Å². The van der Waals surface area contributed by atoms with E-state index in [2.05, 4.69) is 14.5 Å². The van der Waals surface area contributed by atoms with Crippen LogP contribution in [0, 0.1) is 0 Å². The molecule has 0 saturated heterocycles. The van der Waals surface area contributed by atoms with E-state index in [1.807, 2.05) is 0 Å². The van der Waals surface area contributed by atoms with Gasteiger partial charge in [0.05, 0.1) is 19.4 Å². The smallest absolute Gasteiger partial charge is 0.434 e. The first-order valence-corrected chi connectivity index (χ1v) is 7.06. The summed E-state index contributed by atoms with van der Waals surface area (Å²) in [6.45, 7) is 3.27. The van der Waals surface area contributed by atoms with Crippen molar-refractivity contribution < 1.29 is 33.4 Å². The normalized spacial score (nSPS) is 12.1. The van der Waals surface area contributed by atoms with Gasteiger partial charge in [0, 0.05) is 6.42 Å². The topological polar surface area (TPSA) is 122 Å². The number of rotatable bonds is 6. The van der Waals surface area contributed by atoms with Crippen LogP contribution in [0.4, 0.5) is 4.79 Å². The summed E-state index contributed by atoms with van der Waals surface area (Å²) in [5.74, 6) is -0.890. The predicted molar refractivity (Wildman–Crippen MR) is 62.6 cm³/mol. The fourth-order valence-corrected chi connectivity index (χ4v) is 1.44. The first-order chi connectivity index (χ1) is 8.30. The van der Waals surface area contributed by atoms with E-state index < -0.39 is 25.8 Å². The Morgan fingerprint density at radius 2 is 1.72 bits per heavy atom. The summed E-state index contributed by atoms with van der Waals surface area (Å²) in [7, 11) is -4.28. The average Bonchev–Trinajstić information content (AvgIpc) is 2.23. The lowest BCUT2D eigenvalue weighted by Gasteiger charge is -2.06. The molecule has 18 heavy (non-hydrogen) atoms. The molecule has 8 nitrogen and oxygen atoms in total. The molecule has 0 aliphatic carbocycles. The Hall–Kier alpha value is -1.24. The Labute approximate surface area is 104 Å². The van der Waals surface area contributed by atoms with Crippen molar-refractivity contribution in [1.82, 2.24) is 0 Å². The molecule has 0 bridgehead atoms. The van der Waals surface area contributed by atoms with Gasteiger partial charge in [-0.05, 0) is 13.8 Å². The Morgan fingerprint density at radius 3 is 2.17 bits per heavy atom. The molecule has 0 atom stereocenters. The van der Waals surface area contributed by atoms with Crippen molar-refractivity contribution in [1.29, 1.82) is 0 Å². The van der Waals surface area contributed by atoms with Crippen LogP contribution in [-0.2, 0) is 18.8 Å². The third-order valence-corrected chi connectivity index (χ3v) is 2.45. The van der Waals surface area contributed by atoms with Gasteiger partial charge in [0.1, 0.15) is 5.71 Å². The van der Waals surface area contributed by atoms with Crippen molar-refractivity contribution in [3.63, 3.8) is 0 Å². The maximum Gasteiger partial charge on any atom is 0.434 e. The van der Waals surface area contributed by atoms with Crippen molar-refractivity contribution in [2.45, 2.75) is 20.3 Å². The number of hydrogen-bond donors (Lipinski definition) is 2. The van der Waals surface area contributed by atoms with Gasteiger partial charge < -0.3 is 19.3 Å². The largest absolute Gasteiger partial charge is 0.462 e. The van der Waals surface area contributed by atoms with E-state index in [1.54, 1.807) is 13.8 Å². The van der Waals surface area contributed by atoms with Gasteiger partial charge in [0.25, 0.3) is 0 Å². The van der Waals surface area contributed by atoms with Gasteiger partial charge in [-0.25, -0.2) is 9.59 Å². The van der Waals surface area contributed by atoms with Gasteiger partial charge in [-0.15, -0.1) is 0 Å². The molecule has 0 saturated carbocycles. The summed E-state index contributed by atoms with van der Waals surface area (Å²) in [4.78, 5) is 43.2. The first kappa shape index (κ1) is 16.8. The molecule has 0 fully saturated rings. The molecule has 0 heterocycles. The van der Waals surface area contributed by atoms with Crippen LogP contribution in [0.3, 0.4) is 0 Å². The summed E-state index contributed by atoms with van der Waals surface area (Å²) in [5.41, 5.74) is -0.362. The number of aliphatic imine (C=N–C) groups is 1. The van der Waals surface area contributed by atoms with Gasteiger partial charge >= 0.3 is 19.7 Å². The number of hydrogen-bond acceptors (Lipinski definition) is 5. The second kappa shape index (κ2) is 7.97. The third kappa shape index (κ3) is 7.94. The summed E-state index contributed by atoms with van der Waals surface area (Å²) < 4.78 is 19.8. The summed E-state index contributed by atoms with van der Waals surface area (Å²) in [6.07, 6.45) is -1.95. The van der Waals surface area contributed by atoms with Crippen molar-refractivity contribution in [3.8, 4) is 0 Å². The van der Waals surface area contributed by atoms with Crippen LogP contribution < -0.4 is 0 Å². The molecular weight excluding hydrogens is 265 g/mol. The monoisotopic (exact) mass is 281 g/mol. The first-order valence-electron chi connectivity index (χ1n) is 5.26. The fraction of sp³-hybridized carbons (Fsp3) is 0.667. The second-order valence-electron chi connectivity index (χ2n) is 3.12. The summed E-state index contributed by atoms with van der Waals surface area (Å²) >= 11 is 0. The van der Waals surface area contributed by atoms with E-state index in [9.17, 15) is 14.2 Å². The number of nitrogens with zero attached hydrogens (tertiary/aromatic N) is 1. The van der Waals surface area contributed by atoms with E-state index in [0.717, 1.165) is 0 Å². The number of esters is 1. The number of carbonyl (C=O) groups excluding carboxylic acids is 2. The molecule has 0 rings (SSSR count). The van der Waals surface area contributed by atoms with Gasteiger partial charge in [0.2, 0.25) is 0 Å². The van der Waals surface area contributed by atoms with Crippen molar-refractivity contribution in [3.05, 3.63) is 0 Å². The average molecular weight is 281 g/mol. The highest BCUT2D eigenvalue weighted by molar-refractivity contribution is 7.51. The minimum Gasteiger partial charge on any atom is -0.462 e. The second-order valence-corrected chi connectivity index (χ2v) is 4.89. The van der Waals surface area contributed by atoms with Crippen molar-refractivity contribution in [2.24, 2.45) is 4.99 Å². The summed E-state index contributed by atoms with van der Waals surface area (Å²) in [6, 6.07) is 0. The van der Waals surface area contributed by atoms with E-state index in [0.29, 0.717) is 0 Å². The molecule has 0 aromatic heterocycles. The van der Waals surface area contributed by atoms with Crippen LogP contribution in [0.1, 0.15) is 20.3 Å². The van der Waals surface area contributed by atoms with Gasteiger partial charge in [-0.1, -0.05) is 0 Å². The maximum atomic E-state index is 11.4. The lowest BCUT2D eigenvalue weighted by molar-refractivity contribution is -0.135. The Balaban J connectivity index is 4.77. The van der Waals surface area contributed by atoms with Crippen molar-refractivity contribution >= 4 is 25.4 Å². The SMILES string of the molecule is CCOC(=O)N=C(CCP(=O)(O)O)C(=O)OCC. The highest BCUT2D eigenvalue weighted by Crippen LogP contribution is 2.35. The Kier molecular flexibility index (Phi) is 7.42. The van der Waals surface area contributed by atoms with E-state index in [1.165, 1.54) is 0 Å². The van der Waals surface area contributed by atoms with Crippen LogP contribution >= 0.6 is 7.60 Å². The van der Waals surface area contributed by atoms with Gasteiger partial charge in [-0.3, -0.25) is 4.57 Å². The minimum absolute atomic E-state index is 0.0661. The Bertz CT molecular complexity index is 373. The molecule has 2 N–H and O–H groups in total. The van der Waals surface area contributed by atoms with Crippen LogP contribution in [0.15, 0.2) is 4.99 Å². The zero-order valence-electron chi connectivity index (χ0n) is 10.2. The van der Waals surface area contributed by atoms with Crippen LogP contribution in [0.5, 0.6) is 0 Å². The quantitative estimate of drug-likeness (QED) is 0.417. The third-order valence-electron chi connectivity index (χ3n) is 1.65.